The molecule has 0 saturated heterocycles. The Kier molecular flexibility index (Phi) is 3.84. The molecule has 0 heterocycles. The Morgan fingerprint density at radius 1 is 1.29 bits per heavy atom. The van der Waals surface area contributed by atoms with Crippen LogP contribution in [-0.2, 0) is 11.2 Å². The maximum Gasteiger partial charge on any atom is 0.152 e. The van der Waals surface area contributed by atoms with Gasteiger partial charge in [-0.3, -0.25) is 4.79 Å². The fraction of sp³-hybridized carbons (Fsp3) is 0.417. The SMILES string of the molecule is CC(C)C(=O)[C@H](N)Cc1ccccc1. The monoisotopic (exact) mass is 191 g/mol. The van der Waals surface area contributed by atoms with E-state index in [2.05, 4.69) is 0 Å². The van der Waals surface area contributed by atoms with Gasteiger partial charge in [0.15, 0.2) is 5.78 Å². The molecule has 2 N–H and O–H groups in total. The van der Waals surface area contributed by atoms with Crippen LogP contribution in [0.5, 0.6) is 0 Å². The van der Waals surface area contributed by atoms with Crippen molar-refractivity contribution in [1.82, 2.24) is 0 Å². The molecule has 1 aromatic rings. The normalized spacial score (nSPS) is 12.9. The van der Waals surface area contributed by atoms with E-state index < -0.39 is 0 Å². The summed E-state index contributed by atoms with van der Waals surface area (Å²) < 4.78 is 0. The molecule has 2 heteroatoms. The Bertz CT molecular complexity index is 292. The van der Waals surface area contributed by atoms with Crippen LogP contribution in [-0.4, -0.2) is 11.8 Å². The zero-order valence-electron chi connectivity index (χ0n) is 8.73. The van der Waals surface area contributed by atoms with E-state index in [9.17, 15) is 4.79 Å². The maximum absolute atomic E-state index is 11.5. The van der Waals surface area contributed by atoms with Crippen molar-refractivity contribution >= 4 is 5.78 Å². The van der Waals surface area contributed by atoms with Crippen molar-refractivity contribution in [3.8, 4) is 0 Å². The minimum absolute atomic E-state index is 0.0220. The molecule has 2 nitrogen and oxygen atoms in total. The largest absolute Gasteiger partial charge is 0.321 e. The van der Waals surface area contributed by atoms with Gasteiger partial charge in [0.05, 0.1) is 6.04 Å². The molecule has 0 bridgehead atoms. The summed E-state index contributed by atoms with van der Waals surface area (Å²) in [7, 11) is 0. The van der Waals surface area contributed by atoms with E-state index in [1.807, 2.05) is 44.2 Å². The van der Waals surface area contributed by atoms with Crippen LogP contribution in [0.15, 0.2) is 30.3 Å². The highest BCUT2D eigenvalue weighted by atomic mass is 16.1. The van der Waals surface area contributed by atoms with Gasteiger partial charge in [0, 0.05) is 5.92 Å². The number of benzene rings is 1. The first kappa shape index (κ1) is 10.9. The topological polar surface area (TPSA) is 43.1 Å². The van der Waals surface area contributed by atoms with Crippen LogP contribution in [0, 0.1) is 5.92 Å². The van der Waals surface area contributed by atoms with Crippen molar-refractivity contribution in [2.45, 2.75) is 26.3 Å². The van der Waals surface area contributed by atoms with Crippen molar-refractivity contribution < 1.29 is 4.79 Å². The summed E-state index contributed by atoms with van der Waals surface area (Å²) in [4.78, 5) is 11.5. The highest BCUT2D eigenvalue weighted by Gasteiger charge is 2.16. The van der Waals surface area contributed by atoms with Gasteiger partial charge in [0.2, 0.25) is 0 Å². The average Bonchev–Trinajstić information content (AvgIpc) is 2.18. The van der Waals surface area contributed by atoms with E-state index >= 15 is 0 Å². The van der Waals surface area contributed by atoms with Gasteiger partial charge in [-0.1, -0.05) is 44.2 Å². The van der Waals surface area contributed by atoms with Crippen LogP contribution in [0.3, 0.4) is 0 Å². The summed E-state index contributed by atoms with van der Waals surface area (Å²) >= 11 is 0. The summed E-state index contributed by atoms with van der Waals surface area (Å²) in [6.45, 7) is 3.76. The number of Topliss-reactive ketones (excluding diaryl/α,β-unsaturated/α-hetero) is 1. The van der Waals surface area contributed by atoms with E-state index in [0.717, 1.165) is 5.56 Å². The molecular formula is C12H17NO. The van der Waals surface area contributed by atoms with Crippen LogP contribution < -0.4 is 5.73 Å². The second kappa shape index (κ2) is 4.91. The number of hydrogen-bond donors (Lipinski definition) is 1. The molecule has 0 fully saturated rings. The van der Waals surface area contributed by atoms with Crippen molar-refractivity contribution in [2.24, 2.45) is 11.7 Å². The van der Waals surface area contributed by atoms with Crippen molar-refractivity contribution in [2.75, 3.05) is 0 Å². The quantitative estimate of drug-likeness (QED) is 0.788. The third-order valence-corrected chi connectivity index (χ3v) is 2.23. The molecule has 0 unspecified atom stereocenters. The van der Waals surface area contributed by atoms with Gasteiger partial charge in [-0.25, -0.2) is 0 Å². The van der Waals surface area contributed by atoms with Crippen molar-refractivity contribution in [3.63, 3.8) is 0 Å². The predicted octanol–water partition coefficient (Wildman–Crippen LogP) is 1.78. The summed E-state index contributed by atoms with van der Waals surface area (Å²) in [6.07, 6.45) is 0.637. The zero-order chi connectivity index (χ0) is 10.6. The number of hydrogen-bond acceptors (Lipinski definition) is 2. The molecule has 76 valence electrons. The van der Waals surface area contributed by atoms with Crippen LogP contribution >= 0.6 is 0 Å². The Balaban J connectivity index is 2.57. The molecule has 14 heavy (non-hydrogen) atoms. The molecule has 0 spiro atoms. The summed E-state index contributed by atoms with van der Waals surface area (Å²) in [5.74, 6) is 0.155. The molecule has 0 aliphatic rings. The number of rotatable bonds is 4. The fourth-order valence-electron chi connectivity index (χ4n) is 1.40. The first-order valence-electron chi connectivity index (χ1n) is 4.94. The standard InChI is InChI=1S/C12H17NO/c1-9(2)12(14)11(13)8-10-6-4-3-5-7-10/h3-7,9,11H,8,13H2,1-2H3/t11-/m1/s1. The van der Waals surface area contributed by atoms with Gasteiger partial charge >= 0.3 is 0 Å². The van der Waals surface area contributed by atoms with Crippen LogP contribution in [0.25, 0.3) is 0 Å². The lowest BCUT2D eigenvalue weighted by Crippen LogP contribution is -2.35. The Morgan fingerprint density at radius 3 is 2.36 bits per heavy atom. The highest BCUT2D eigenvalue weighted by Crippen LogP contribution is 2.06. The van der Waals surface area contributed by atoms with E-state index in [1.54, 1.807) is 0 Å². The van der Waals surface area contributed by atoms with Crippen molar-refractivity contribution in [1.29, 1.82) is 0 Å². The number of carbonyl (C=O) groups is 1. The van der Waals surface area contributed by atoms with Gasteiger partial charge in [-0.15, -0.1) is 0 Å². The molecule has 1 rings (SSSR count). The van der Waals surface area contributed by atoms with Gasteiger partial charge in [0.1, 0.15) is 0 Å². The molecule has 0 aliphatic heterocycles. The van der Waals surface area contributed by atoms with Crippen LogP contribution in [0.2, 0.25) is 0 Å². The van der Waals surface area contributed by atoms with Gasteiger partial charge in [0.25, 0.3) is 0 Å². The minimum Gasteiger partial charge on any atom is -0.321 e. The number of nitrogens with two attached hydrogens (primary N) is 1. The van der Waals surface area contributed by atoms with Gasteiger partial charge < -0.3 is 5.73 Å². The molecule has 0 radical (unpaired) electrons. The van der Waals surface area contributed by atoms with E-state index in [1.165, 1.54) is 0 Å². The van der Waals surface area contributed by atoms with Crippen LogP contribution in [0.4, 0.5) is 0 Å². The number of ketones is 1. The van der Waals surface area contributed by atoms with Gasteiger partial charge in [-0.05, 0) is 12.0 Å². The lowest BCUT2D eigenvalue weighted by atomic mass is 9.97. The average molecular weight is 191 g/mol. The van der Waals surface area contributed by atoms with Crippen LogP contribution in [0.1, 0.15) is 19.4 Å². The van der Waals surface area contributed by atoms with Crippen molar-refractivity contribution in [3.05, 3.63) is 35.9 Å². The first-order valence-corrected chi connectivity index (χ1v) is 4.94. The third kappa shape index (κ3) is 2.96. The highest BCUT2D eigenvalue weighted by molar-refractivity contribution is 5.85. The number of carbonyl (C=O) groups excluding carboxylic acids is 1. The Labute approximate surface area is 85.1 Å². The predicted molar refractivity (Wildman–Crippen MR) is 58.0 cm³/mol. The Morgan fingerprint density at radius 2 is 1.86 bits per heavy atom. The molecule has 0 amide bonds. The smallest absolute Gasteiger partial charge is 0.152 e. The fourth-order valence-corrected chi connectivity index (χ4v) is 1.40. The zero-order valence-corrected chi connectivity index (χ0v) is 8.73. The summed E-state index contributed by atoms with van der Waals surface area (Å²) in [5, 5.41) is 0. The van der Waals surface area contributed by atoms with E-state index in [-0.39, 0.29) is 17.7 Å². The third-order valence-electron chi connectivity index (χ3n) is 2.23. The maximum atomic E-state index is 11.5. The lowest BCUT2D eigenvalue weighted by Gasteiger charge is -2.12. The summed E-state index contributed by atoms with van der Waals surface area (Å²) in [6, 6.07) is 9.50. The molecule has 0 saturated carbocycles. The van der Waals surface area contributed by atoms with Gasteiger partial charge in [-0.2, -0.15) is 0 Å². The molecule has 0 aromatic heterocycles. The summed E-state index contributed by atoms with van der Waals surface area (Å²) in [5.41, 5.74) is 6.92. The second-order valence-electron chi connectivity index (χ2n) is 3.85. The van der Waals surface area contributed by atoms with E-state index in [0.29, 0.717) is 6.42 Å². The first-order chi connectivity index (χ1) is 6.61. The lowest BCUT2D eigenvalue weighted by molar-refractivity contribution is -0.123. The van der Waals surface area contributed by atoms with E-state index in [4.69, 9.17) is 5.73 Å². The molecule has 1 aromatic carbocycles. The minimum atomic E-state index is -0.364. The molecule has 1 atom stereocenters. The Hall–Kier alpha value is -1.15. The molecular weight excluding hydrogens is 174 g/mol. The second-order valence-corrected chi connectivity index (χ2v) is 3.85. The molecule has 0 aliphatic carbocycles.